The summed E-state index contributed by atoms with van der Waals surface area (Å²) < 4.78 is 16.0. The van der Waals surface area contributed by atoms with Crippen LogP contribution < -0.4 is 10.1 Å². The van der Waals surface area contributed by atoms with E-state index in [2.05, 4.69) is 12.2 Å². The number of ether oxygens (including phenoxy) is 3. The second-order valence-electron chi connectivity index (χ2n) is 7.61. The first-order chi connectivity index (χ1) is 11.2. The first-order valence-electron chi connectivity index (χ1n) is 8.04. The molecule has 0 saturated heterocycles. The van der Waals surface area contributed by atoms with E-state index < -0.39 is 17.7 Å². The van der Waals surface area contributed by atoms with E-state index in [1.54, 1.807) is 26.8 Å². The number of carbonyl (C=O) groups is 2. The Morgan fingerprint density at radius 2 is 2.04 bits per heavy atom. The fourth-order valence-electron chi connectivity index (χ4n) is 3.21. The van der Waals surface area contributed by atoms with Crippen molar-refractivity contribution in [3.8, 4) is 5.75 Å². The van der Waals surface area contributed by atoms with Crippen LogP contribution in [0.2, 0.25) is 0 Å². The van der Waals surface area contributed by atoms with Crippen molar-refractivity contribution in [2.24, 2.45) is 5.92 Å². The van der Waals surface area contributed by atoms with E-state index in [9.17, 15) is 9.59 Å². The Balaban J connectivity index is 1.98. The molecule has 2 atom stereocenters. The lowest BCUT2D eigenvalue weighted by atomic mass is 9.90. The molecule has 1 aromatic carbocycles. The van der Waals surface area contributed by atoms with E-state index in [1.807, 2.05) is 6.07 Å². The number of esters is 1. The summed E-state index contributed by atoms with van der Waals surface area (Å²) in [4.78, 5) is 24.4. The second kappa shape index (κ2) is 5.40. The summed E-state index contributed by atoms with van der Waals surface area (Å²) in [5.74, 6) is 0.451. The molecule has 6 heteroatoms. The minimum atomic E-state index is -0.630. The van der Waals surface area contributed by atoms with E-state index in [0.717, 1.165) is 12.0 Å². The summed E-state index contributed by atoms with van der Waals surface area (Å²) in [6, 6.07) is 3.62. The monoisotopic (exact) mass is 333 g/mol. The van der Waals surface area contributed by atoms with Gasteiger partial charge in [0.2, 0.25) is 0 Å². The van der Waals surface area contributed by atoms with Gasteiger partial charge in [0, 0.05) is 16.9 Å². The highest BCUT2D eigenvalue weighted by molar-refractivity contribution is 6.03. The van der Waals surface area contributed by atoms with Gasteiger partial charge in [-0.2, -0.15) is 0 Å². The van der Waals surface area contributed by atoms with Gasteiger partial charge in [-0.05, 0) is 33.3 Å². The number of nitrogens with one attached hydrogen (secondary N) is 1. The average molecular weight is 333 g/mol. The lowest BCUT2D eigenvalue weighted by Gasteiger charge is -2.26. The summed E-state index contributed by atoms with van der Waals surface area (Å²) >= 11 is 0. The molecule has 1 aliphatic heterocycles. The second-order valence-corrected chi connectivity index (χ2v) is 7.61. The quantitative estimate of drug-likeness (QED) is 0.839. The van der Waals surface area contributed by atoms with Crippen molar-refractivity contribution < 1.29 is 23.8 Å². The van der Waals surface area contributed by atoms with Crippen LogP contribution in [0.15, 0.2) is 12.1 Å². The summed E-state index contributed by atoms with van der Waals surface area (Å²) in [5.41, 5.74) is 0.981. The van der Waals surface area contributed by atoms with Gasteiger partial charge in [-0.15, -0.1) is 0 Å². The van der Waals surface area contributed by atoms with Gasteiger partial charge >= 0.3 is 12.1 Å². The summed E-state index contributed by atoms with van der Waals surface area (Å²) in [5, 5.41) is 2.63. The van der Waals surface area contributed by atoms with Crippen LogP contribution in [-0.2, 0) is 14.9 Å². The number of fused-ring (bicyclic) bond motifs is 3. The highest BCUT2D eigenvalue weighted by Crippen LogP contribution is 2.60. The van der Waals surface area contributed by atoms with Gasteiger partial charge in [0.15, 0.2) is 0 Å². The lowest BCUT2D eigenvalue weighted by molar-refractivity contribution is 0.0595. The van der Waals surface area contributed by atoms with Gasteiger partial charge in [0.1, 0.15) is 16.9 Å². The molecule has 0 aromatic heterocycles. The predicted molar refractivity (Wildman–Crippen MR) is 88.6 cm³/mol. The van der Waals surface area contributed by atoms with Crippen molar-refractivity contribution >= 4 is 17.7 Å². The summed E-state index contributed by atoms with van der Waals surface area (Å²) in [6.07, 6.45) is 0.415. The molecule has 1 saturated carbocycles. The number of hydrogen-bond acceptors (Lipinski definition) is 5. The van der Waals surface area contributed by atoms with Crippen LogP contribution in [0.25, 0.3) is 0 Å². The third-order valence-electron chi connectivity index (χ3n) is 4.64. The van der Waals surface area contributed by atoms with E-state index >= 15 is 0 Å². The molecule has 1 N–H and O–H groups in total. The summed E-state index contributed by atoms with van der Waals surface area (Å²) in [7, 11) is 1.31. The van der Waals surface area contributed by atoms with E-state index in [1.165, 1.54) is 7.11 Å². The smallest absolute Gasteiger partial charge is 0.412 e. The molecule has 3 rings (SSSR count). The Hall–Kier alpha value is -2.24. The molecule has 6 nitrogen and oxygen atoms in total. The van der Waals surface area contributed by atoms with Crippen LogP contribution in [0.4, 0.5) is 10.5 Å². The van der Waals surface area contributed by atoms with Crippen LogP contribution in [0.5, 0.6) is 5.75 Å². The Bertz CT molecular complexity index is 706. The van der Waals surface area contributed by atoms with Crippen LogP contribution in [0.3, 0.4) is 0 Å². The molecule has 2 unspecified atom stereocenters. The fraction of sp³-hybridized carbons (Fsp3) is 0.556. The number of benzene rings is 1. The number of anilines is 1. The zero-order chi connectivity index (χ0) is 17.7. The molecule has 1 heterocycles. The molecule has 1 amide bonds. The maximum absolute atomic E-state index is 12.3. The standard InChI is InChI=1S/C18H23NO5/c1-17(2,3)24-16(21)19-12-7-6-11-14(13(12)15(20)22-5)23-9-10-8-18(10,11)4/h6-7,10H,8-9H2,1-5H3,(H,19,21). The van der Waals surface area contributed by atoms with E-state index in [0.29, 0.717) is 24.0 Å². The molecule has 0 spiro atoms. The van der Waals surface area contributed by atoms with Gasteiger partial charge in [-0.3, -0.25) is 5.32 Å². The topological polar surface area (TPSA) is 73.9 Å². The minimum absolute atomic E-state index is 0.0425. The van der Waals surface area contributed by atoms with Gasteiger partial charge < -0.3 is 14.2 Å². The number of amides is 1. The van der Waals surface area contributed by atoms with Gasteiger partial charge in [0.25, 0.3) is 0 Å². The van der Waals surface area contributed by atoms with Crippen LogP contribution in [0, 0.1) is 5.92 Å². The molecule has 0 bridgehead atoms. The number of rotatable bonds is 2. The molecule has 1 fully saturated rings. The predicted octanol–water partition coefficient (Wildman–Crippen LogP) is 3.49. The van der Waals surface area contributed by atoms with Gasteiger partial charge in [-0.25, -0.2) is 9.59 Å². The molecule has 1 aliphatic carbocycles. The highest BCUT2D eigenvalue weighted by Gasteiger charge is 2.56. The van der Waals surface area contributed by atoms with Crippen LogP contribution in [0.1, 0.15) is 50.0 Å². The number of carbonyl (C=O) groups excluding carboxylic acids is 2. The van der Waals surface area contributed by atoms with Crippen LogP contribution in [-0.4, -0.2) is 31.4 Å². The number of hydrogen-bond donors (Lipinski definition) is 1. The van der Waals surface area contributed by atoms with Gasteiger partial charge in [-0.1, -0.05) is 13.0 Å². The summed E-state index contributed by atoms with van der Waals surface area (Å²) in [6.45, 7) is 8.07. The Kier molecular flexibility index (Phi) is 3.73. The lowest BCUT2D eigenvalue weighted by Crippen LogP contribution is -2.28. The minimum Gasteiger partial charge on any atom is -0.492 e. The molecule has 2 aliphatic rings. The van der Waals surface area contributed by atoms with Crippen LogP contribution >= 0.6 is 0 Å². The normalized spacial score (nSPS) is 24.1. The Labute approximate surface area is 141 Å². The van der Waals surface area contributed by atoms with E-state index in [-0.39, 0.29) is 11.0 Å². The van der Waals surface area contributed by atoms with Crippen molar-refractivity contribution in [1.82, 2.24) is 0 Å². The van der Waals surface area contributed by atoms with Crippen molar-refractivity contribution in [2.75, 3.05) is 19.0 Å². The third kappa shape index (κ3) is 2.81. The Morgan fingerprint density at radius 3 is 2.67 bits per heavy atom. The third-order valence-corrected chi connectivity index (χ3v) is 4.64. The van der Waals surface area contributed by atoms with Crippen molar-refractivity contribution in [1.29, 1.82) is 0 Å². The first kappa shape index (κ1) is 16.6. The van der Waals surface area contributed by atoms with Crippen molar-refractivity contribution in [2.45, 2.75) is 45.1 Å². The fourth-order valence-corrected chi connectivity index (χ4v) is 3.21. The molecule has 1 aromatic rings. The zero-order valence-corrected chi connectivity index (χ0v) is 14.7. The first-order valence-corrected chi connectivity index (χ1v) is 8.04. The van der Waals surface area contributed by atoms with Crippen molar-refractivity contribution in [3.05, 3.63) is 23.3 Å². The zero-order valence-electron chi connectivity index (χ0n) is 14.7. The molecular formula is C18H23NO5. The number of methoxy groups -OCH3 is 1. The molecule has 24 heavy (non-hydrogen) atoms. The largest absolute Gasteiger partial charge is 0.492 e. The Morgan fingerprint density at radius 1 is 1.33 bits per heavy atom. The average Bonchev–Trinajstić information content (AvgIpc) is 3.16. The molecule has 0 radical (unpaired) electrons. The maximum Gasteiger partial charge on any atom is 0.412 e. The molecular weight excluding hydrogens is 310 g/mol. The van der Waals surface area contributed by atoms with Gasteiger partial charge in [0.05, 0.1) is 19.4 Å². The SMILES string of the molecule is COC(=O)c1c(NC(=O)OC(C)(C)C)ccc2c1OCC1CC21C. The van der Waals surface area contributed by atoms with Crippen molar-refractivity contribution in [3.63, 3.8) is 0 Å². The highest BCUT2D eigenvalue weighted by atomic mass is 16.6. The molecule has 130 valence electrons. The maximum atomic E-state index is 12.3. The van der Waals surface area contributed by atoms with E-state index in [4.69, 9.17) is 14.2 Å².